The summed E-state index contributed by atoms with van der Waals surface area (Å²) in [7, 11) is 0. The van der Waals surface area contributed by atoms with Crippen molar-refractivity contribution in [3.63, 3.8) is 0 Å². The largest absolute Gasteiger partial charge is 0.486 e. The van der Waals surface area contributed by atoms with Crippen LogP contribution in [0.4, 0.5) is 4.39 Å². The number of benzene rings is 2. The van der Waals surface area contributed by atoms with E-state index in [0.717, 1.165) is 15.6 Å². The number of thiophene rings is 1. The molecule has 0 N–H and O–H groups in total. The maximum atomic E-state index is 13.5. The van der Waals surface area contributed by atoms with Crippen LogP contribution in [0.1, 0.15) is 5.56 Å². The molecule has 0 bridgehead atoms. The molecule has 0 atom stereocenters. The van der Waals surface area contributed by atoms with Crippen LogP contribution >= 0.6 is 22.9 Å². The molecule has 0 aliphatic carbocycles. The second-order valence-corrected chi connectivity index (χ2v) is 5.41. The van der Waals surface area contributed by atoms with Crippen LogP contribution in [0.5, 0.6) is 5.75 Å². The van der Waals surface area contributed by atoms with Crippen LogP contribution in [0.2, 0.25) is 5.02 Å². The molecule has 0 aliphatic heterocycles. The van der Waals surface area contributed by atoms with Crippen molar-refractivity contribution < 1.29 is 9.13 Å². The first-order valence-corrected chi connectivity index (χ1v) is 7.03. The van der Waals surface area contributed by atoms with Gasteiger partial charge in [-0.05, 0) is 29.6 Å². The number of rotatable bonds is 3. The Kier molecular flexibility index (Phi) is 3.40. The Morgan fingerprint density at radius 3 is 2.79 bits per heavy atom. The second kappa shape index (κ2) is 5.19. The Labute approximate surface area is 119 Å². The van der Waals surface area contributed by atoms with Gasteiger partial charge in [0.15, 0.2) is 11.6 Å². The summed E-state index contributed by atoms with van der Waals surface area (Å²) in [4.78, 5) is 0. The number of fused-ring (bicyclic) bond motifs is 1. The van der Waals surface area contributed by atoms with Gasteiger partial charge in [0.1, 0.15) is 6.61 Å². The predicted octanol–water partition coefficient (Wildman–Crippen LogP) is 5.27. The molecule has 4 heteroatoms. The highest BCUT2D eigenvalue weighted by Gasteiger charge is 2.09. The molecular formula is C15H10ClFOS. The standard InChI is InChI=1S/C15H10ClFOS/c16-11-4-3-7-14-15(11)10(9-19-14)8-18-13-6-2-1-5-12(13)17/h1-7,9H,8H2. The fourth-order valence-corrected chi connectivity index (χ4v) is 3.25. The van der Waals surface area contributed by atoms with Crippen LogP contribution in [-0.2, 0) is 6.61 Å². The van der Waals surface area contributed by atoms with Gasteiger partial charge in [-0.25, -0.2) is 4.39 Å². The second-order valence-electron chi connectivity index (χ2n) is 4.09. The first-order chi connectivity index (χ1) is 9.25. The molecule has 0 amide bonds. The van der Waals surface area contributed by atoms with Gasteiger partial charge in [-0.15, -0.1) is 11.3 Å². The molecule has 0 aliphatic rings. The SMILES string of the molecule is Fc1ccccc1OCc1csc2cccc(Cl)c12. The molecule has 1 aromatic heterocycles. The number of para-hydroxylation sites is 1. The highest BCUT2D eigenvalue weighted by atomic mass is 35.5. The van der Waals surface area contributed by atoms with Gasteiger partial charge in [0.2, 0.25) is 0 Å². The van der Waals surface area contributed by atoms with E-state index >= 15 is 0 Å². The van der Waals surface area contributed by atoms with Crippen molar-refractivity contribution >= 4 is 33.0 Å². The Balaban J connectivity index is 1.89. The van der Waals surface area contributed by atoms with Gasteiger partial charge >= 0.3 is 0 Å². The molecule has 0 spiro atoms. The van der Waals surface area contributed by atoms with E-state index in [4.69, 9.17) is 16.3 Å². The quantitative estimate of drug-likeness (QED) is 0.639. The van der Waals surface area contributed by atoms with Crippen molar-refractivity contribution in [3.8, 4) is 5.75 Å². The normalized spacial score (nSPS) is 10.8. The number of ether oxygens (including phenoxy) is 1. The van der Waals surface area contributed by atoms with E-state index in [1.807, 2.05) is 23.6 Å². The maximum Gasteiger partial charge on any atom is 0.165 e. The molecule has 1 heterocycles. The highest BCUT2D eigenvalue weighted by Crippen LogP contribution is 2.32. The number of hydrogen-bond acceptors (Lipinski definition) is 2. The van der Waals surface area contributed by atoms with E-state index in [1.54, 1.807) is 29.5 Å². The fourth-order valence-electron chi connectivity index (χ4n) is 1.93. The van der Waals surface area contributed by atoms with Crippen LogP contribution in [0.25, 0.3) is 10.1 Å². The maximum absolute atomic E-state index is 13.5. The molecule has 3 rings (SSSR count). The summed E-state index contributed by atoms with van der Waals surface area (Å²) in [6, 6.07) is 12.2. The summed E-state index contributed by atoms with van der Waals surface area (Å²) >= 11 is 7.80. The fraction of sp³-hybridized carbons (Fsp3) is 0.0667. The lowest BCUT2D eigenvalue weighted by molar-refractivity contribution is 0.292. The Hall–Kier alpha value is -1.58. The van der Waals surface area contributed by atoms with E-state index < -0.39 is 0 Å². The topological polar surface area (TPSA) is 9.23 Å². The molecule has 0 unspecified atom stereocenters. The van der Waals surface area contributed by atoms with Gasteiger partial charge < -0.3 is 4.74 Å². The highest BCUT2D eigenvalue weighted by molar-refractivity contribution is 7.17. The molecule has 0 radical (unpaired) electrons. The monoisotopic (exact) mass is 292 g/mol. The summed E-state index contributed by atoms with van der Waals surface area (Å²) in [6.07, 6.45) is 0. The van der Waals surface area contributed by atoms with E-state index in [9.17, 15) is 4.39 Å². The van der Waals surface area contributed by atoms with Crippen molar-refractivity contribution in [2.24, 2.45) is 0 Å². The molecule has 2 aromatic carbocycles. The zero-order chi connectivity index (χ0) is 13.2. The smallest absolute Gasteiger partial charge is 0.165 e. The minimum Gasteiger partial charge on any atom is -0.486 e. The van der Waals surface area contributed by atoms with Gasteiger partial charge in [0.25, 0.3) is 0 Å². The summed E-state index contributed by atoms with van der Waals surface area (Å²) in [5.74, 6) is -0.0953. The number of halogens is 2. The average Bonchev–Trinajstić information content (AvgIpc) is 2.83. The zero-order valence-corrected chi connectivity index (χ0v) is 11.5. The molecule has 3 aromatic rings. The minimum atomic E-state index is -0.354. The first-order valence-electron chi connectivity index (χ1n) is 5.77. The third kappa shape index (κ3) is 2.44. The van der Waals surface area contributed by atoms with E-state index in [2.05, 4.69) is 0 Å². The van der Waals surface area contributed by atoms with Gasteiger partial charge in [0.05, 0.1) is 0 Å². The van der Waals surface area contributed by atoms with Crippen molar-refractivity contribution in [1.82, 2.24) is 0 Å². The van der Waals surface area contributed by atoms with Crippen LogP contribution in [0, 0.1) is 5.82 Å². The van der Waals surface area contributed by atoms with E-state index in [-0.39, 0.29) is 11.6 Å². The van der Waals surface area contributed by atoms with E-state index in [0.29, 0.717) is 11.6 Å². The summed E-state index contributed by atoms with van der Waals surface area (Å²) in [5.41, 5.74) is 0.980. The van der Waals surface area contributed by atoms with Crippen molar-refractivity contribution in [1.29, 1.82) is 0 Å². The Morgan fingerprint density at radius 2 is 1.95 bits per heavy atom. The van der Waals surface area contributed by atoms with Crippen molar-refractivity contribution in [3.05, 3.63) is 64.2 Å². The third-order valence-corrected chi connectivity index (χ3v) is 4.16. The molecule has 19 heavy (non-hydrogen) atoms. The lowest BCUT2D eigenvalue weighted by atomic mass is 10.2. The summed E-state index contributed by atoms with van der Waals surface area (Å²) in [5, 5.41) is 3.69. The first kappa shape index (κ1) is 12.5. The van der Waals surface area contributed by atoms with Gasteiger partial charge in [-0.2, -0.15) is 0 Å². The van der Waals surface area contributed by atoms with E-state index in [1.165, 1.54) is 6.07 Å². The molecule has 0 saturated heterocycles. The number of hydrogen-bond donors (Lipinski definition) is 0. The summed E-state index contributed by atoms with van der Waals surface area (Å²) < 4.78 is 20.1. The average molecular weight is 293 g/mol. The van der Waals surface area contributed by atoms with Crippen LogP contribution in [-0.4, -0.2) is 0 Å². The summed E-state index contributed by atoms with van der Waals surface area (Å²) in [6.45, 7) is 0.310. The molecule has 0 saturated carbocycles. The van der Waals surface area contributed by atoms with Crippen LogP contribution < -0.4 is 4.74 Å². The van der Waals surface area contributed by atoms with Gasteiger partial charge in [0, 0.05) is 20.7 Å². The molecule has 96 valence electrons. The lowest BCUT2D eigenvalue weighted by Crippen LogP contribution is -1.96. The predicted molar refractivity (Wildman–Crippen MR) is 77.6 cm³/mol. The van der Waals surface area contributed by atoms with Crippen molar-refractivity contribution in [2.45, 2.75) is 6.61 Å². The molecular weight excluding hydrogens is 283 g/mol. The Morgan fingerprint density at radius 1 is 1.11 bits per heavy atom. The molecule has 0 fully saturated rings. The van der Waals surface area contributed by atoms with Crippen LogP contribution in [0.15, 0.2) is 47.8 Å². The lowest BCUT2D eigenvalue weighted by Gasteiger charge is -2.06. The third-order valence-electron chi connectivity index (χ3n) is 2.84. The van der Waals surface area contributed by atoms with Crippen molar-refractivity contribution in [2.75, 3.05) is 0 Å². The zero-order valence-electron chi connectivity index (χ0n) is 9.90. The van der Waals surface area contributed by atoms with Gasteiger partial charge in [-0.3, -0.25) is 0 Å². The van der Waals surface area contributed by atoms with Crippen LogP contribution in [0.3, 0.4) is 0 Å². The minimum absolute atomic E-state index is 0.258. The molecule has 1 nitrogen and oxygen atoms in total. The Bertz CT molecular complexity index is 723. The van der Waals surface area contributed by atoms with Gasteiger partial charge in [-0.1, -0.05) is 29.8 Å².